The Hall–Kier alpha value is -3.97. The molecule has 33 heavy (non-hydrogen) atoms. The molecule has 0 amide bonds. The molecule has 2 atom stereocenters. The average Bonchev–Trinajstić information content (AvgIpc) is 3.30. The van der Waals surface area contributed by atoms with Crippen LogP contribution in [0.5, 0.6) is 0 Å². The second kappa shape index (κ2) is 9.67. The van der Waals surface area contributed by atoms with Crippen molar-refractivity contribution < 1.29 is 9.47 Å². The van der Waals surface area contributed by atoms with Gasteiger partial charge in [0.2, 0.25) is 0 Å². The fourth-order valence-corrected chi connectivity index (χ4v) is 3.97. The Morgan fingerprint density at radius 3 is 2.48 bits per heavy atom. The molecule has 1 aromatic heterocycles. The highest BCUT2D eigenvalue weighted by molar-refractivity contribution is 5.74. The van der Waals surface area contributed by atoms with Crippen LogP contribution in [0.1, 0.15) is 34.9 Å². The smallest absolute Gasteiger partial charge is 0.176 e. The summed E-state index contributed by atoms with van der Waals surface area (Å²) < 4.78 is 14.0. The number of aryl methyl sites for hydroxylation is 1. The number of methoxy groups -OCH3 is 1. The molecule has 0 spiro atoms. The largest absolute Gasteiger partial charge is 0.363 e. The van der Waals surface area contributed by atoms with Gasteiger partial charge in [0.05, 0.1) is 36.5 Å². The summed E-state index contributed by atoms with van der Waals surface area (Å²) >= 11 is 0. The van der Waals surface area contributed by atoms with E-state index in [-0.39, 0.29) is 6.10 Å². The molecule has 3 aromatic rings. The van der Waals surface area contributed by atoms with E-state index in [9.17, 15) is 5.26 Å². The third-order valence-corrected chi connectivity index (χ3v) is 5.93. The Kier molecular flexibility index (Phi) is 6.51. The van der Waals surface area contributed by atoms with Crippen molar-refractivity contribution in [1.29, 1.82) is 10.5 Å². The van der Waals surface area contributed by atoms with Gasteiger partial charge < -0.3 is 14.0 Å². The summed E-state index contributed by atoms with van der Waals surface area (Å²) in [7, 11) is 3.48. The van der Waals surface area contributed by atoms with E-state index in [1.807, 2.05) is 60.2 Å². The zero-order valence-electron chi connectivity index (χ0n) is 18.6. The second-order valence-corrected chi connectivity index (χ2v) is 7.94. The van der Waals surface area contributed by atoms with E-state index >= 15 is 0 Å². The maximum absolute atomic E-state index is 9.74. The van der Waals surface area contributed by atoms with Crippen LogP contribution in [0.4, 0.5) is 0 Å². The molecular weight excluding hydrogens is 412 g/mol. The topological polar surface area (TPSA) is 83.9 Å². The third-order valence-electron chi connectivity index (χ3n) is 5.93. The van der Waals surface area contributed by atoms with Crippen LogP contribution >= 0.6 is 0 Å². The lowest BCUT2D eigenvalue weighted by Gasteiger charge is -2.29. The van der Waals surface area contributed by atoms with E-state index in [2.05, 4.69) is 17.1 Å². The Bertz CT molecular complexity index is 1260. The summed E-state index contributed by atoms with van der Waals surface area (Å²) in [5, 5.41) is 18.9. The summed E-state index contributed by atoms with van der Waals surface area (Å²) in [4.78, 5) is 4.25. The number of aromatic nitrogens is 2. The second-order valence-electron chi connectivity index (χ2n) is 7.94. The molecule has 0 saturated carbocycles. The van der Waals surface area contributed by atoms with Crippen LogP contribution < -0.4 is 0 Å². The molecular formula is C27H24N4O2. The average molecular weight is 437 g/mol. The minimum absolute atomic E-state index is 0.335. The minimum Gasteiger partial charge on any atom is -0.363 e. The molecule has 0 saturated heterocycles. The van der Waals surface area contributed by atoms with Crippen molar-refractivity contribution >= 4 is 5.57 Å². The lowest BCUT2D eigenvalue weighted by Crippen LogP contribution is -2.30. The third kappa shape index (κ3) is 4.63. The van der Waals surface area contributed by atoms with E-state index in [0.717, 1.165) is 28.0 Å². The van der Waals surface area contributed by atoms with Crippen LogP contribution in [0, 0.1) is 22.7 Å². The van der Waals surface area contributed by atoms with Gasteiger partial charge in [-0.1, -0.05) is 48.5 Å². The molecule has 0 N–H and O–H groups in total. The summed E-state index contributed by atoms with van der Waals surface area (Å²) in [6, 6.07) is 21.8. The van der Waals surface area contributed by atoms with Gasteiger partial charge in [-0.25, -0.2) is 4.98 Å². The first-order valence-corrected chi connectivity index (χ1v) is 10.6. The van der Waals surface area contributed by atoms with Crippen LogP contribution in [0.2, 0.25) is 0 Å². The number of rotatable bonds is 7. The van der Waals surface area contributed by atoms with Gasteiger partial charge in [0, 0.05) is 20.6 Å². The molecule has 1 aliphatic carbocycles. The van der Waals surface area contributed by atoms with Crippen molar-refractivity contribution in [2.75, 3.05) is 13.7 Å². The number of hydrogen-bond acceptors (Lipinski definition) is 5. The van der Waals surface area contributed by atoms with Gasteiger partial charge in [-0.2, -0.15) is 10.5 Å². The van der Waals surface area contributed by atoms with Crippen LogP contribution in [-0.2, 0) is 16.5 Å². The number of benzene rings is 2. The van der Waals surface area contributed by atoms with E-state index < -0.39 is 5.60 Å². The Balaban J connectivity index is 1.69. The molecule has 2 unspecified atom stereocenters. The van der Waals surface area contributed by atoms with Crippen molar-refractivity contribution in [3.63, 3.8) is 0 Å². The molecule has 6 nitrogen and oxygen atoms in total. The molecule has 0 fully saturated rings. The molecule has 6 heteroatoms. The monoisotopic (exact) mass is 436 g/mol. The predicted molar refractivity (Wildman–Crippen MR) is 125 cm³/mol. The molecule has 0 bridgehead atoms. The normalized spacial score (nSPS) is 18.5. The highest BCUT2D eigenvalue weighted by Gasteiger charge is 2.33. The van der Waals surface area contributed by atoms with Crippen LogP contribution in [0.15, 0.2) is 84.8 Å². The highest BCUT2D eigenvalue weighted by Crippen LogP contribution is 2.37. The maximum Gasteiger partial charge on any atom is 0.176 e. The summed E-state index contributed by atoms with van der Waals surface area (Å²) in [5.74, 6) is 0. The first-order chi connectivity index (χ1) is 16.1. The van der Waals surface area contributed by atoms with Crippen molar-refractivity contribution in [1.82, 2.24) is 9.55 Å². The molecule has 2 aromatic carbocycles. The Morgan fingerprint density at radius 1 is 1.12 bits per heavy atom. The highest BCUT2D eigenvalue weighted by atomic mass is 16.5. The van der Waals surface area contributed by atoms with Gasteiger partial charge in [0.25, 0.3) is 0 Å². The molecule has 0 radical (unpaired) electrons. The standard InChI is InChI=1S/C27H24N4O2/c1-31-19-30-16-25(31)26(22-10-8-20(15-28)9-11-22)33-17-23-12-13-27(18-29,32-2)14-24(23)21-6-4-3-5-7-21/h3-13,16,19,26H,14,17H2,1-2H3. The molecule has 1 heterocycles. The Labute approximate surface area is 193 Å². The number of ether oxygens (including phenoxy) is 2. The van der Waals surface area contributed by atoms with Crippen LogP contribution in [-0.4, -0.2) is 28.9 Å². The van der Waals surface area contributed by atoms with Crippen molar-refractivity contribution in [3.05, 3.63) is 107 Å². The number of hydrogen-bond donors (Lipinski definition) is 0. The first-order valence-electron chi connectivity index (χ1n) is 10.6. The van der Waals surface area contributed by atoms with E-state index in [4.69, 9.17) is 14.7 Å². The van der Waals surface area contributed by atoms with Gasteiger partial charge in [0.1, 0.15) is 12.2 Å². The zero-order valence-corrected chi connectivity index (χ0v) is 18.6. The maximum atomic E-state index is 9.74. The molecule has 0 aliphatic heterocycles. The van der Waals surface area contributed by atoms with Crippen molar-refractivity contribution in [2.24, 2.45) is 7.05 Å². The SMILES string of the molecule is COC1(C#N)C=CC(COC(c2ccc(C#N)cc2)c2cncn2C)=C(c2ccccc2)C1. The Morgan fingerprint density at radius 2 is 1.88 bits per heavy atom. The fraction of sp³-hybridized carbons (Fsp3) is 0.222. The van der Waals surface area contributed by atoms with E-state index in [0.29, 0.717) is 18.6 Å². The summed E-state index contributed by atoms with van der Waals surface area (Å²) in [6.07, 6.45) is 7.33. The van der Waals surface area contributed by atoms with Crippen molar-refractivity contribution in [2.45, 2.75) is 18.1 Å². The van der Waals surface area contributed by atoms with Gasteiger partial charge in [-0.05, 0) is 40.5 Å². The first kappa shape index (κ1) is 22.2. The minimum atomic E-state index is -0.997. The fourth-order valence-electron chi connectivity index (χ4n) is 3.97. The van der Waals surface area contributed by atoms with Crippen LogP contribution in [0.3, 0.4) is 0 Å². The summed E-state index contributed by atoms with van der Waals surface area (Å²) in [5.41, 5.74) is 4.48. The van der Waals surface area contributed by atoms with Gasteiger partial charge in [-0.15, -0.1) is 0 Å². The zero-order chi connectivity index (χ0) is 23.3. The number of nitrogens with zero attached hydrogens (tertiary/aromatic N) is 4. The number of nitriles is 2. The predicted octanol–water partition coefficient (Wildman–Crippen LogP) is 4.72. The lowest BCUT2D eigenvalue weighted by molar-refractivity contribution is 0.0802. The van der Waals surface area contributed by atoms with Crippen molar-refractivity contribution in [3.8, 4) is 12.1 Å². The van der Waals surface area contributed by atoms with E-state index in [1.165, 1.54) is 0 Å². The lowest BCUT2D eigenvalue weighted by atomic mass is 9.83. The molecule has 1 aliphatic rings. The van der Waals surface area contributed by atoms with Gasteiger partial charge in [-0.3, -0.25) is 0 Å². The van der Waals surface area contributed by atoms with Crippen LogP contribution in [0.25, 0.3) is 5.57 Å². The van der Waals surface area contributed by atoms with E-state index in [1.54, 1.807) is 37.8 Å². The quantitative estimate of drug-likeness (QED) is 0.535. The molecule has 164 valence electrons. The number of imidazole rings is 1. The summed E-state index contributed by atoms with van der Waals surface area (Å²) in [6.45, 7) is 0.335. The molecule has 4 rings (SSSR count). The van der Waals surface area contributed by atoms with Gasteiger partial charge >= 0.3 is 0 Å². The van der Waals surface area contributed by atoms with Gasteiger partial charge in [0.15, 0.2) is 5.60 Å².